The maximum atomic E-state index is 12.4. The molecule has 0 radical (unpaired) electrons. The van der Waals surface area contributed by atoms with E-state index in [-0.39, 0.29) is 11.9 Å². The molecule has 3 rings (SSSR count). The lowest BCUT2D eigenvalue weighted by molar-refractivity contribution is 0.0117. The SMILES string of the molecule is Cc1ccc([C@H](CNC(=O)c2ccc(Br)cc2)N2CCOCC2)o1. The van der Waals surface area contributed by atoms with Crippen LogP contribution in [0.15, 0.2) is 45.3 Å². The lowest BCUT2D eigenvalue weighted by Crippen LogP contribution is -2.43. The van der Waals surface area contributed by atoms with E-state index < -0.39 is 0 Å². The molecule has 0 spiro atoms. The van der Waals surface area contributed by atoms with Crippen molar-refractivity contribution in [1.29, 1.82) is 0 Å². The number of aryl methyl sites for hydroxylation is 1. The van der Waals surface area contributed by atoms with Crippen LogP contribution in [0.4, 0.5) is 0 Å². The van der Waals surface area contributed by atoms with Gasteiger partial charge in [0.15, 0.2) is 0 Å². The Hall–Kier alpha value is -1.63. The number of rotatable bonds is 5. The number of nitrogens with zero attached hydrogens (tertiary/aromatic N) is 1. The van der Waals surface area contributed by atoms with Crippen LogP contribution in [0.25, 0.3) is 0 Å². The summed E-state index contributed by atoms with van der Waals surface area (Å²) in [5.74, 6) is 1.68. The van der Waals surface area contributed by atoms with Crippen molar-refractivity contribution in [3.05, 3.63) is 58.0 Å². The molecular formula is C18H21BrN2O3. The topological polar surface area (TPSA) is 54.7 Å². The van der Waals surface area contributed by atoms with Crippen LogP contribution < -0.4 is 5.32 Å². The number of carbonyl (C=O) groups excluding carboxylic acids is 1. The van der Waals surface area contributed by atoms with Gasteiger partial charge < -0.3 is 14.5 Å². The first kappa shape index (κ1) is 17.2. The molecule has 1 amide bonds. The lowest BCUT2D eigenvalue weighted by atomic mass is 10.1. The molecule has 128 valence electrons. The number of ether oxygens (including phenoxy) is 1. The summed E-state index contributed by atoms with van der Waals surface area (Å²) < 4.78 is 12.2. The average Bonchev–Trinajstić information content (AvgIpc) is 3.02. The lowest BCUT2D eigenvalue weighted by Gasteiger charge is -2.33. The monoisotopic (exact) mass is 392 g/mol. The van der Waals surface area contributed by atoms with E-state index in [1.54, 1.807) is 12.1 Å². The summed E-state index contributed by atoms with van der Waals surface area (Å²) in [7, 11) is 0. The normalized spacial score (nSPS) is 16.8. The molecule has 0 bridgehead atoms. The third-order valence-electron chi connectivity index (χ3n) is 4.14. The fraction of sp³-hybridized carbons (Fsp3) is 0.389. The van der Waals surface area contributed by atoms with E-state index in [1.165, 1.54) is 0 Å². The number of halogens is 1. The van der Waals surface area contributed by atoms with Crippen LogP contribution in [-0.4, -0.2) is 43.7 Å². The van der Waals surface area contributed by atoms with Crippen molar-refractivity contribution in [3.63, 3.8) is 0 Å². The van der Waals surface area contributed by atoms with Gasteiger partial charge in [0.2, 0.25) is 0 Å². The Morgan fingerprint density at radius 2 is 1.92 bits per heavy atom. The van der Waals surface area contributed by atoms with Gasteiger partial charge in [0.25, 0.3) is 5.91 Å². The molecule has 0 aliphatic carbocycles. The molecule has 6 heteroatoms. The summed E-state index contributed by atoms with van der Waals surface area (Å²) in [5.41, 5.74) is 0.648. The first-order chi connectivity index (χ1) is 11.6. The molecule has 0 unspecified atom stereocenters. The number of carbonyl (C=O) groups is 1. The highest BCUT2D eigenvalue weighted by atomic mass is 79.9. The molecule has 1 saturated heterocycles. The van der Waals surface area contributed by atoms with Crippen LogP contribution in [0.2, 0.25) is 0 Å². The molecule has 1 atom stereocenters. The number of furan rings is 1. The number of hydrogen-bond donors (Lipinski definition) is 1. The molecule has 5 nitrogen and oxygen atoms in total. The van der Waals surface area contributed by atoms with Crippen LogP contribution in [0.1, 0.15) is 27.9 Å². The third kappa shape index (κ3) is 4.26. The quantitative estimate of drug-likeness (QED) is 0.848. The zero-order valence-electron chi connectivity index (χ0n) is 13.6. The molecule has 1 aliphatic rings. The Balaban J connectivity index is 1.69. The van der Waals surface area contributed by atoms with Crippen molar-refractivity contribution in [2.24, 2.45) is 0 Å². The van der Waals surface area contributed by atoms with E-state index >= 15 is 0 Å². The maximum absolute atomic E-state index is 12.4. The zero-order valence-corrected chi connectivity index (χ0v) is 15.2. The van der Waals surface area contributed by atoms with Crippen LogP contribution in [-0.2, 0) is 4.74 Å². The Bertz CT molecular complexity index is 678. The van der Waals surface area contributed by atoms with Gasteiger partial charge in [-0.2, -0.15) is 0 Å². The second kappa shape index (κ2) is 7.96. The molecular weight excluding hydrogens is 372 g/mol. The van der Waals surface area contributed by atoms with Gasteiger partial charge in [-0.15, -0.1) is 0 Å². The number of benzene rings is 1. The molecule has 0 saturated carbocycles. The van der Waals surface area contributed by atoms with Gasteiger partial charge in [-0.05, 0) is 43.3 Å². The summed E-state index contributed by atoms with van der Waals surface area (Å²) in [6.07, 6.45) is 0. The third-order valence-corrected chi connectivity index (χ3v) is 4.67. The van der Waals surface area contributed by atoms with Crippen LogP contribution in [0.5, 0.6) is 0 Å². The van der Waals surface area contributed by atoms with Crippen molar-refractivity contribution >= 4 is 21.8 Å². The number of hydrogen-bond acceptors (Lipinski definition) is 4. The summed E-state index contributed by atoms with van der Waals surface area (Å²) in [5, 5.41) is 3.03. The summed E-state index contributed by atoms with van der Waals surface area (Å²) in [6.45, 7) is 5.51. The number of nitrogens with one attached hydrogen (secondary N) is 1. The Morgan fingerprint density at radius 3 is 2.54 bits per heavy atom. The Labute approximate surface area is 150 Å². The second-order valence-electron chi connectivity index (χ2n) is 5.83. The number of morpholine rings is 1. The highest BCUT2D eigenvalue weighted by Crippen LogP contribution is 2.23. The summed E-state index contributed by atoms with van der Waals surface area (Å²) in [6, 6.07) is 11.3. The van der Waals surface area contributed by atoms with E-state index in [0.717, 1.165) is 29.1 Å². The predicted molar refractivity (Wildman–Crippen MR) is 95.1 cm³/mol. The van der Waals surface area contributed by atoms with Gasteiger partial charge in [-0.25, -0.2) is 0 Å². The molecule has 2 heterocycles. The minimum Gasteiger partial charge on any atom is -0.465 e. The molecule has 1 fully saturated rings. The van der Waals surface area contributed by atoms with E-state index in [2.05, 4.69) is 26.1 Å². The van der Waals surface area contributed by atoms with Gasteiger partial charge >= 0.3 is 0 Å². The minimum absolute atomic E-state index is 0.0157. The second-order valence-corrected chi connectivity index (χ2v) is 6.75. The van der Waals surface area contributed by atoms with Crippen LogP contribution >= 0.6 is 15.9 Å². The van der Waals surface area contributed by atoms with Gasteiger partial charge in [0, 0.05) is 29.7 Å². The van der Waals surface area contributed by atoms with Crippen molar-refractivity contribution in [2.45, 2.75) is 13.0 Å². The van der Waals surface area contributed by atoms with E-state index in [0.29, 0.717) is 25.3 Å². The Morgan fingerprint density at radius 1 is 1.21 bits per heavy atom. The highest BCUT2D eigenvalue weighted by molar-refractivity contribution is 9.10. The van der Waals surface area contributed by atoms with E-state index in [9.17, 15) is 4.79 Å². The van der Waals surface area contributed by atoms with Crippen molar-refractivity contribution in [2.75, 3.05) is 32.8 Å². The van der Waals surface area contributed by atoms with Crippen molar-refractivity contribution < 1.29 is 13.9 Å². The average molecular weight is 393 g/mol. The molecule has 24 heavy (non-hydrogen) atoms. The molecule has 1 aromatic carbocycles. The van der Waals surface area contributed by atoms with Gasteiger partial charge in [-0.3, -0.25) is 9.69 Å². The van der Waals surface area contributed by atoms with Crippen LogP contribution in [0.3, 0.4) is 0 Å². The Kier molecular flexibility index (Phi) is 5.71. The molecule has 2 aromatic rings. The fourth-order valence-electron chi connectivity index (χ4n) is 2.82. The summed E-state index contributed by atoms with van der Waals surface area (Å²) >= 11 is 3.38. The van der Waals surface area contributed by atoms with Gasteiger partial charge in [-0.1, -0.05) is 15.9 Å². The highest BCUT2D eigenvalue weighted by Gasteiger charge is 2.25. The summed E-state index contributed by atoms with van der Waals surface area (Å²) in [4.78, 5) is 14.7. The first-order valence-electron chi connectivity index (χ1n) is 8.05. The predicted octanol–water partition coefficient (Wildman–Crippen LogP) is 3.15. The first-order valence-corrected chi connectivity index (χ1v) is 8.84. The molecule has 1 aliphatic heterocycles. The van der Waals surface area contributed by atoms with Gasteiger partial charge in [0.1, 0.15) is 11.5 Å². The fourth-order valence-corrected chi connectivity index (χ4v) is 3.09. The molecule has 1 N–H and O–H groups in total. The van der Waals surface area contributed by atoms with Crippen LogP contribution in [0, 0.1) is 6.92 Å². The smallest absolute Gasteiger partial charge is 0.251 e. The number of amides is 1. The zero-order chi connectivity index (χ0) is 16.9. The van der Waals surface area contributed by atoms with Crippen molar-refractivity contribution in [3.8, 4) is 0 Å². The van der Waals surface area contributed by atoms with Crippen molar-refractivity contribution in [1.82, 2.24) is 10.2 Å². The van der Waals surface area contributed by atoms with Gasteiger partial charge in [0.05, 0.1) is 19.3 Å². The van der Waals surface area contributed by atoms with E-state index in [1.807, 2.05) is 31.2 Å². The van der Waals surface area contributed by atoms with E-state index in [4.69, 9.17) is 9.15 Å². The minimum atomic E-state index is -0.0796. The molecule has 1 aromatic heterocycles. The standard InChI is InChI=1S/C18H21BrN2O3/c1-13-2-7-17(24-13)16(21-8-10-23-11-9-21)12-20-18(22)14-3-5-15(19)6-4-14/h2-7,16H,8-12H2,1H3,(H,20,22)/t16-/m0/s1. The maximum Gasteiger partial charge on any atom is 0.251 e. The largest absolute Gasteiger partial charge is 0.465 e.